The maximum absolute atomic E-state index is 13.8. The molecule has 0 aliphatic rings. The second kappa shape index (κ2) is 10.6. The van der Waals surface area contributed by atoms with E-state index in [9.17, 15) is 18.4 Å². The first-order chi connectivity index (χ1) is 13.9. The minimum atomic E-state index is -0.766. The SMILES string of the molecule is C=CC(=O)Oc1ccc(OCCCOc2ccc(OC(=O)C=C)c(F)c2)cc1F. The van der Waals surface area contributed by atoms with E-state index < -0.39 is 23.6 Å². The van der Waals surface area contributed by atoms with Gasteiger partial charge in [-0.1, -0.05) is 13.2 Å². The van der Waals surface area contributed by atoms with Crippen LogP contribution in [0.1, 0.15) is 6.42 Å². The van der Waals surface area contributed by atoms with Gasteiger partial charge in [-0.05, 0) is 24.3 Å². The predicted molar refractivity (Wildman–Crippen MR) is 100 cm³/mol. The molecule has 2 rings (SSSR count). The van der Waals surface area contributed by atoms with Gasteiger partial charge in [0.25, 0.3) is 0 Å². The molecule has 0 aliphatic heterocycles. The van der Waals surface area contributed by atoms with E-state index in [4.69, 9.17) is 18.9 Å². The van der Waals surface area contributed by atoms with Crippen LogP contribution in [0, 0.1) is 11.6 Å². The number of benzene rings is 2. The summed E-state index contributed by atoms with van der Waals surface area (Å²) in [6.07, 6.45) is 2.29. The van der Waals surface area contributed by atoms with E-state index >= 15 is 0 Å². The first-order valence-electron chi connectivity index (χ1n) is 8.46. The topological polar surface area (TPSA) is 71.1 Å². The van der Waals surface area contributed by atoms with Crippen LogP contribution in [-0.2, 0) is 9.59 Å². The van der Waals surface area contributed by atoms with E-state index in [0.29, 0.717) is 6.42 Å². The summed E-state index contributed by atoms with van der Waals surface area (Å²) in [5, 5.41) is 0. The molecule has 2 aromatic rings. The van der Waals surface area contributed by atoms with Gasteiger partial charge in [0.1, 0.15) is 11.5 Å². The first kappa shape index (κ1) is 21.6. The Labute approximate surface area is 166 Å². The van der Waals surface area contributed by atoms with Gasteiger partial charge in [-0.25, -0.2) is 18.4 Å². The average molecular weight is 404 g/mol. The Morgan fingerprint density at radius 3 is 1.55 bits per heavy atom. The molecule has 0 unspecified atom stereocenters. The van der Waals surface area contributed by atoms with Gasteiger partial charge in [-0.3, -0.25) is 0 Å². The van der Waals surface area contributed by atoms with Crippen LogP contribution >= 0.6 is 0 Å². The van der Waals surface area contributed by atoms with Crippen molar-refractivity contribution in [2.24, 2.45) is 0 Å². The molecule has 0 fully saturated rings. The molecule has 0 saturated heterocycles. The lowest BCUT2D eigenvalue weighted by molar-refractivity contribution is -0.130. The smallest absolute Gasteiger partial charge is 0.335 e. The van der Waals surface area contributed by atoms with Crippen molar-refractivity contribution in [1.82, 2.24) is 0 Å². The van der Waals surface area contributed by atoms with Gasteiger partial charge in [0.15, 0.2) is 23.1 Å². The Balaban J connectivity index is 1.77. The van der Waals surface area contributed by atoms with Crippen molar-refractivity contribution >= 4 is 11.9 Å². The van der Waals surface area contributed by atoms with E-state index in [2.05, 4.69) is 13.2 Å². The molecule has 0 spiro atoms. The van der Waals surface area contributed by atoms with Crippen LogP contribution in [0.2, 0.25) is 0 Å². The summed E-state index contributed by atoms with van der Waals surface area (Å²) in [7, 11) is 0. The number of carbonyl (C=O) groups is 2. The fourth-order valence-electron chi connectivity index (χ4n) is 2.05. The second-order valence-electron chi connectivity index (χ2n) is 5.49. The van der Waals surface area contributed by atoms with Crippen molar-refractivity contribution in [2.45, 2.75) is 6.42 Å². The second-order valence-corrected chi connectivity index (χ2v) is 5.49. The molecule has 0 N–H and O–H groups in total. The van der Waals surface area contributed by atoms with Gasteiger partial charge >= 0.3 is 11.9 Å². The summed E-state index contributed by atoms with van der Waals surface area (Å²) in [4.78, 5) is 22.2. The molecule has 0 aliphatic carbocycles. The number of esters is 2. The zero-order valence-electron chi connectivity index (χ0n) is 15.4. The van der Waals surface area contributed by atoms with E-state index in [-0.39, 0.29) is 36.2 Å². The summed E-state index contributed by atoms with van der Waals surface area (Å²) >= 11 is 0. The quantitative estimate of drug-likeness (QED) is 0.258. The maximum Gasteiger partial charge on any atom is 0.335 e. The summed E-state index contributed by atoms with van der Waals surface area (Å²) in [5.74, 6) is -2.98. The summed E-state index contributed by atoms with van der Waals surface area (Å²) < 4.78 is 47.9. The van der Waals surface area contributed by atoms with E-state index in [0.717, 1.165) is 24.3 Å². The molecule has 152 valence electrons. The van der Waals surface area contributed by atoms with Gasteiger partial charge in [0.05, 0.1) is 13.2 Å². The van der Waals surface area contributed by atoms with Crippen LogP contribution in [0.4, 0.5) is 8.78 Å². The van der Waals surface area contributed by atoms with Gasteiger partial charge in [-0.15, -0.1) is 0 Å². The molecule has 0 radical (unpaired) electrons. The lowest BCUT2D eigenvalue weighted by atomic mass is 10.3. The highest BCUT2D eigenvalue weighted by molar-refractivity contribution is 5.83. The molecule has 8 heteroatoms. The number of ether oxygens (including phenoxy) is 4. The number of hydrogen-bond donors (Lipinski definition) is 0. The van der Waals surface area contributed by atoms with Crippen molar-refractivity contribution in [2.75, 3.05) is 13.2 Å². The lowest BCUT2D eigenvalue weighted by Gasteiger charge is -2.10. The number of rotatable bonds is 10. The van der Waals surface area contributed by atoms with Crippen LogP contribution in [0.25, 0.3) is 0 Å². The number of carbonyl (C=O) groups excluding carboxylic acids is 2. The summed E-state index contributed by atoms with van der Waals surface area (Å²) in [6.45, 7) is 6.88. The van der Waals surface area contributed by atoms with Gasteiger partial charge in [-0.2, -0.15) is 0 Å². The fraction of sp³-hybridized carbons (Fsp3) is 0.143. The highest BCUT2D eigenvalue weighted by atomic mass is 19.1. The Morgan fingerprint density at radius 2 is 1.21 bits per heavy atom. The maximum atomic E-state index is 13.8. The molecule has 29 heavy (non-hydrogen) atoms. The third-order valence-corrected chi connectivity index (χ3v) is 3.39. The van der Waals surface area contributed by atoms with Gasteiger partial charge in [0, 0.05) is 30.7 Å². The molecule has 0 saturated carbocycles. The van der Waals surface area contributed by atoms with E-state index in [1.54, 1.807) is 0 Å². The van der Waals surface area contributed by atoms with Crippen LogP contribution < -0.4 is 18.9 Å². The Bertz CT molecular complexity index is 837. The minimum Gasteiger partial charge on any atom is -0.493 e. The molecule has 0 amide bonds. The average Bonchev–Trinajstić information content (AvgIpc) is 2.71. The molecular formula is C21H18F2O6. The Kier molecular flexibility index (Phi) is 7.90. The Morgan fingerprint density at radius 1 is 0.793 bits per heavy atom. The number of hydrogen-bond acceptors (Lipinski definition) is 6. The molecule has 6 nitrogen and oxygen atoms in total. The minimum absolute atomic E-state index is 0.211. The fourth-order valence-corrected chi connectivity index (χ4v) is 2.05. The van der Waals surface area contributed by atoms with E-state index in [1.165, 1.54) is 24.3 Å². The number of halogens is 2. The van der Waals surface area contributed by atoms with Crippen LogP contribution in [0.5, 0.6) is 23.0 Å². The molecule has 0 heterocycles. The van der Waals surface area contributed by atoms with Crippen molar-refractivity contribution in [3.05, 3.63) is 73.3 Å². The molecule has 0 aromatic heterocycles. The molecule has 0 bridgehead atoms. The third kappa shape index (κ3) is 6.76. The normalized spacial score (nSPS) is 10.0. The van der Waals surface area contributed by atoms with Crippen molar-refractivity contribution in [3.63, 3.8) is 0 Å². The summed E-state index contributed by atoms with van der Waals surface area (Å²) in [6, 6.07) is 7.62. The van der Waals surface area contributed by atoms with Gasteiger partial charge in [0.2, 0.25) is 0 Å². The highest BCUT2D eigenvalue weighted by Gasteiger charge is 2.10. The molecule has 2 aromatic carbocycles. The van der Waals surface area contributed by atoms with Crippen molar-refractivity contribution in [1.29, 1.82) is 0 Å². The van der Waals surface area contributed by atoms with Crippen LogP contribution in [0.3, 0.4) is 0 Å². The monoisotopic (exact) mass is 404 g/mol. The zero-order valence-corrected chi connectivity index (χ0v) is 15.4. The van der Waals surface area contributed by atoms with Gasteiger partial charge < -0.3 is 18.9 Å². The third-order valence-electron chi connectivity index (χ3n) is 3.39. The Hall–Kier alpha value is -3.68. The standard InChI is InChI=1S/C21H18F2O6/c1-3-20(24)28-18-8-6-14(12-16(18)22)26-10-5-11-27-15-7-9-19(17(23)13-15)29-21(25)4-2/h3-4,6-9,12-13H,1-2,5,10-11H2. The highest BCUT2D eigenvalue weighted by Crippen LogP contribution is 2.24. The lowest BCUT2D eigenvalue weighted by Crippen LogP contribution is -2.07. The van der Waals surface area contributed by atoms with E-state index in [1.807, 2.05) is 0 Å². The first-order valence-corrected chi connectivity index (χ1v) is 8.46. The molecular weight excluding hydrogens is 386 g/mol. The summed E-state index contributed by atoms with van der Waals surface area (Å²) in [5.41, 5.74) is 0. The largest absolute Gasteiger partial charge is 0.493 e. The van der Waals surface area contributed by atoms with Crippen LogP contribution in [-0.4, -0.2) is 25.2 Å². The molecule has 0 atom stereocenters. The zero-order chi connectivity index (χ0) is 21.2. The predicted octanol–water partition coefficient (Wildman–Crippen LogP) is 4.00. The van der Waals surface area contributed by atoms with Crippen LogP contribution in [0.15, 0.2) is 61.7 Å². The van der Waals surface area contributed by atoms with Crippen molar-refractivity contribution < 1.29 is 37.3 Å². The van der Waals surface area contributed by atoms with Crippen molar-refractivity contribution in [3.8, 4) is 23.0 Å².